The number of nitrogens with zero attached hydrogens (tertiary/aromatic N) is 2. The number of likely N-dealkylation sites (N-methyl/N-ethyl adjacent to an activating group) is 1. The van der Waals surface area contributed by atoms with Crippen LogP contribution in [0.25, 0.3) is 0 Å². The number of hydrogen-bond donors (Lipinski definition) is 2. The third-order valence-electron chi connectivity index (χ3n) is 3.06. The number of allylic oxidation sites excluding steroid dienone is 1. The van der Waals surface area contributed by atoms with Crippen molar-refractivity contribution >= 4 is 6.21 Å². The monoisotopic (exact) mass is 194 g/mol. The van der Waals surface area contributed by atoms with E-state index in [1.54, 1.807) is 6.21 Å². The molecule has 0 aliphatic carbocycles. The van der Waals surface area contributed by atoms with Crippen molar-refractivity contribution in [3.8, 4) is 0 Å². The lowest BCUT2D eigenvalue weighted by Crippen LogP contribution is -2.65. The Morgan fingerprint density at radius 3 is 3.07 bits per heavy atom. The highest BCUT2D eigenvalue weighted by Gasteiger charge is 2.37. The summed E-state index contributed by atoms with van der Waals surface area (Å²) in [7, 11) is 2.12. The Labute approximate surface area is 84.9 Å². The molecule has 1 fully saturated rings. The molecule has 0 radical (unpaired) electrons. The Morgan fingerprint density at radius 2 is 2.43 bits per heavy atom. The van der Waals surface area contributed by atoms with Gasteiger partial charge in [0.2, 0.25) is 0 Å². The molecule has 0 aromatic heterocycles. The van der Waals surface area contributed by atoms with Crippen LogP contribution in [0.3, 0.4) is 0 Å². The maximum absolute atomic E-state index is 6.22. The van der Waals surface area contributed by atoms with Crippen molar-refractivity contribution in [1.29, 1.82) is 0 Å². The molecule has 2 aliphatic rings. The van der Waals surface area contributed by atoms with Gasteiger partial charge in [-0.1, -0.05) is 6.42 Å². The number of aliphatic imine (C=N–C) groups is 1. The number of rotatable bonds is 1. The average Bonchev–Trinajstić information content (AvgIpc) is 2.19. The largest absolute Gasteiger partial charge is 0.354 e. The van der Waals surface area contributed by atoms with Gasteiger partial charge in [0, 0.05) is 12.4 Å². The van der Waals surface area contributed by atoms with Gasteiger partial charge in [0.1, 0.15) is 0 Å². The van der Waals surface area contributed by atoms with E-state index in [0.29, 0.717) is 6.04 Å². The van der Waals surface area contributed by atoms with Gasteiger partial charge in [-0.05, 0) is 32.5 Å². The van der Waals surface area contributed by atoms with Crippen LogP contribution in [-0.2, 0) is 0 Å². The molecule has 2 aliphatic heterocycles. The van der Waals surface area contributed by atoms with E-state index in [-0.39, 0.29) is 0 Å². The highest BCUT2D eigenvalue weighted by molar-refractivity contribution is 5.72. The summed E-state index contributed by atoms with van der Waals surface area (Å²) in [5.41, 5.74) is 6.22. The minimum atomic E-state index is -0.621. The molecule has 0 aromatic carbocycles. The molecule has 2 atom stereocenters. The maximum Gasteiger partial charge on any atom is 0.197 e. The summed E-state index contributed by atoms with van der Waals surface area (Å²) >= 11 is 0. The Kier molecular flexibility index (Phi) is 2.56. The topological polar surface area (TPSA) is 53.6 Å². The molecular formula is C10H18N4. The predicted molar refractivity (Wildman–Crippen MR) is 58.0 cm³/mol. The van der Waals surface area contributed by atoms with Gasteiger partial charge in [-0.2, -0.15) is 0 Å². The number of piperidine rings is 1. The summed E-state index contributed by atoms with van der Waals surface area (Å²) in [6, 6.07) is 0.303. The van der Waals surface area contributed by atoms with Gasteiger partial charge in [-0.25, -0.2) is 4.99 Å². The summed E-state index contributed by atoms with van der Waals surface area (Å²) in [4.78, 5) is 6.65. The molecule has 2 rings (SSSR count). The third kappa shape index (κ3) is 1.67. The lowest BCUT2D eigenvalue weighted by molar-refractivity contribution is 0.0986. The molecule has 78 valence electrons. The van der Waals surface area contributed by atoms with Crippen LogP contribution in [-0.4, -0.2) is 36.5 Å². The van der Waals surface area contributed by atoms with Gasteiger partial charge >= 0.3 is 0 Å². The summed E-state index contributed by atoms with van der Waals surface area (Å²) in [5, 5.41) is 3.15. The Bertz CT molecular complexity index is 261. The first kappa shape index (κ1) is 9.68. The molecule has 4 heteroatoms. The van der Waals surface area contributed by atoms with Gasteiger partial charge in [0.05, 0.1) is 6.04 Å². The number of likely N-dealkylation sites (tertiary alicyclic amines) is 1. The predicted octanol–water partition coefficient (Wildman–Crippen LogP) is 0.271. The first-order valence-electron chi connectivity index (χ1n) is 5.19. The first-order chi connectivity index (χ1) is 6.72. The van der Waals surface area contributed by atoms with Crippen LogP contribution in [0.1, 0.15) is 19.3 Å². The molecule has 0 amide bonds. The van der Waals surface area contributed by atoms with Gasteiger partial charge in [-0.3, -0.25) is 10.6 Å². The molecule has 0 saturated carbocycles. The van der Waals surface area contributed by atoms with E-state index in [2.05, 4.69) is 22.3 Å². The van der Waals surface area contributed by atoms with Crippen LogP contribution in [0, 0.1) is 0 Å². The van der Waals surface area contributed by atoms with E-state index in [9.17, 15) is 0 Å². The summed E-state index contributed by atoms with van der Waals surface area (Å²) in [6.07, 6.45) is 9.14. The van der Waals surface area contributed by atoms with Gasteiger partial charge in [0.15, 0.2) is 5.79 Å². The van der Waals surface area contributed by atoms with Crippen molar-refractivity contribution in [1.82, 2.24) is 10.2 Å². The Balaban J connectivity index is 2.12. The second-order valence-electron chi connectivity index (χ2n) is 4.10. The molecule has 14 heavy (non-hydrogen) atoms. The first-order valence-corrected chi connectivity index (χ1v) is 5.19. The molecule has 4 nitrogen and oxygen atoms in total. The van der Waals surface area contributed by atoms with Crippen LogP contribution in [0.4, 0.5) is 0 Å². The Hall–Kier alpha value is -0.870. The number of hydrogen-bond acceptors (Lipinski definition) is 4. The number of nitrogens with one attached hydrogen (secondary N) is 1. The SMILES string of the molecule is CN1CCCCC1C1(N)N=CC=CN1. The second kappa shape index (κ2) is 3.71. The van der Waals surface area contributed by atoms with E-state index in [1.165, 1.54) is 12.8 Å². The van der Waals surface area contributed by atoms with Crippen molar-refractivity contribution in [3.63, 3.8) is 0 Å². The summed E-state index contributed by atoms with van der Waals surface area (Å²) < 4.78 is 0. The van der Waals surface area contributed by atoms with Crippen LogP contribution >= 0.6 is 0 Å². The zero-order valence-corrected chi connectivity index (χ0v) is 8.61. The second-order valence-corrected chi connectivity index (χ2v) is 4.10. The summed E-state index contributed by atoms with van der Waals surface area (Å²) in [5.74, 6) is -0.621. The zero-order valence-electron chi connectivity index (χ0n) is 8.61. The lowest BCUT2D eigenvalue weighted by Gasteiger charge is -2.43. The van der Waals surface area contributed by atoms with Gasteiger partial charge in [0.25, 0.3) is 0 Å². The van der Waals surface area contributed by atoms with Crippen LogP contribution in [0.5, 0.6) is 0 Å². The molecule has 0 spiro atoms. The molecule has 3 N–H and O–H groups in total. The van der Waals surface area contributed by atoms with Crippen LogP contribution in [0.15, 0.2) is 17.3 Å². The molecule has 2 unspecified atom stereocenters. The minimum Gasteiger partial charge on any atom is -0.354 e. The van der Waals surface area contributed by atoms with Crippen molar-refractivity contribution < 1.29 is 0 Å². The fourth-order valence-electron chi connectivity index (χ4n) is 2.24. The number of nitrogens with two attached hydrogens (primary N) is 1. The fourth-order valence-corrected chi connectivity index (χ4v) is 2.24. The molecule has 1 saturated heterocycles. The highest BCUT2D eigenvalue weighted by Crippen LogP contribution is 2.23. The zero-order chi connectivity index (χ0) is 10.0. The van der Waals surface area contributed by atoms with Crippen molar-refractivity contribution in [2.75, 3.05) is 13.6 Å². The third-order valence-corrected chi connectivity index (χ3v) is 3.06. The molecule has 0 aromatic rings. The van der Waals surface area contributed by atoms with E-state index < -0.39 is 5.79 Å². The molecular weight excluding hydrogens is 176 g/mol. The van der Waals surface area contributed by atoms with E-state index in [1.807, 2.05) is 12.3 Å². The minimum absolute atomic E-state index is 0.303. The summed E-state index contributed by atoms with van der Waals surface area (Å²) in [6.45, 7) is 1.12. The highest BCUT2D eigenvalue weighted by atomic mass is 15.3. The van der Waals surface area contributed by atoms with E-state index in [4.69, 9.17) is 5.73 Å². The molecule has 2 heterocycles. The maximum atomic E-state index is 6.22. The normalized spacial score (nSPS) is 38.3. The van der Waals surface area contributed by atoms with Crippen molar-refractivity contribution in [2.45, 2.75) is 31.1 Å². The molecule has 0 bridgehead atoms. The van der Waals surface area contributed by atoms with Crippen LogP contribution < -0.4 is 11.1 Å². The van der Waals surface area contributed by atoms with E-state index >= 15 is 0 Å². The van der Waals surface area contributed by atoms with Gasteiger partial charge in [-0.15, -0.1) is 0 Å². The fraction of sp³-hybridized carbons (Fsp3) is 0.700. The van der Waals surface area contributed by atoms with E-state index in [0.717, 1.165) is 13.0 Å². The standard InChI is InChI=1S/C10H18N4/c1-14-8-3-2-5-9(14)10(11)12-6-4-7-13-10/h4,6-7,9,12H,2-3,5,8,11H2,1H3. The smallest absolute Gasteiger partial charge is 0.197 e. The van der Waals surface area contributed by atoms with Crippen molar-refractivity contribution in [2.24, 2.45) is 10.7 Å². The van der Waals surface area contributed by atoms with Gasteiger partial charge < -0.3 is 5.32 Å². The quantitative estimate of drug-likeness (QED) is 0.630. The lowest BCUT2D eigenvalue weighted by atomic mass is 9.96. The van der Waals surface area contributed by atoms with Crippen LogP contribution in [0.2, 0.25) is 0 Å². The van der Waals surface area contributed by atoms with Crippen molar-refractivity contribution in [3.05, 3.63) is 12.3 Å². The Morgan fingerprint density at radius 1 is 1.57 bits per heavy atom. The average molecular weight is 194 g/mol.